The molecule has 2 aliphatic rings. The van der Waals surface area contributed by atoms with Gasteiger partial charge in [-0.1, -0.05) is 27.7 Å². The summed E-state index contributed by atoms with van der Waals surface area (Å²) in [5.41, 5.74) is 0.951. The van der Waals surface area contributed by atoms with Crippen LogP contribution >= 0.6 is 0 Å². The molecule has 0 fully saturated rings. The zero-order valence-electron chi connectivity index (χ0n) is 17.5. The van der Waals surface area contributed by atoms with Crippen LogP contribution in [0.4, 0.5) is 0 Å². The Bertz CT molecular complexity index is 1310. The van der Waals surface area contributed by atoms with Gasteiger partial charge in [-0.2, -0.15) is 8.42 Å². The highest BCUT2D eigenvalue weighted by atomic mass is 32.2. The van der Waals surface area contributed by atoms with E-state index in [2.05, 4.69) is 0 Å². The van der Waals surface area contributed by atoms with Crippen molar-refractivity contribution in [3.63, 3.8) is 0 Å². The van der Waals surface area contributed by atoms with Crippen molar-refractivity contribution < 1.29 is 21.4 Å². The first-order valence-corrected chi connectivity index (χ1v) is 11.1. The van der Waals surface area contributed by atoms with Crippen LogP contribution in [0.25, 0.3) is 22.7 Å². The van der Waals surface area contributed by atoms with E-state index in [1.807, 2.05) is 13.8 Å². The highest BCUT2D eigenvalue weighted by Gasteiger charge is 2.29. The van der Waals surface area contributed by atoms with Crippen LogP contribution in [0.5, 0.6) is 5.75 Å². The molecule has 8 heteroatoms. The summed E-state index contributed by atoms with van der Waals surface area (Å²) >= 11 is 0. The van der Waals surface area contributed by atoms with Crippen molar-refractivity contribution in [3.05, 3.63) is 48.8 Å². The predicted molar refractivity (Wildman–Crippen MR) is 111 cm³/mol. The molecule has 1 aromatic rings. The van der Waals surface area contributed by atoms with Gasteiger partial charge in [-0.3, -0.25) is 9.59 Å². The number of hydrogen-bond acceptors (Lipinski definition) is 7. The molecular weight excluding hydrogens is 396 g/mol. The van der Waals surface area contributed by atoms with E-state index in [0.29, 0.717) is 22.3 Å². The van der Waals surface area contributed by atoms with Gasteiger partial charge in [0.15, 0.2) is 22.7 Å². The largest absolute Gasteiger partial charge is 0.449 e. The molecule has 0 spiro atoms. The van der Waals surface area contributed by atoms with Gasteiger partial charge in [0.1, 0.15) is 5.75 Å². The second-order valence-corrected chi connectivity index (χ2v) is 9.49. The normalized spacial score (nSPS) is 12.4. The average Bonchev–Trinajstić information content (AvgIpc) is 2.57. The molecule has 0 amide bonds. The third kappa shape index (κ3) is 3.57. The molecule has 29 heavy (non-hydrogen) atoms. The quantitative estimate of drug-likeness (QED) is 0.356. The van der Waals surface area contributed by atoms with Crippen LogP contribution in [-0.4, -0.2) is 14.7 Å². The van der Waals surface area contributed by atoms with Gasteiger partial charge in [0, 0.05) is 11.1 Å². The molecule has 1 aliphatic carbocycles. The molecule has 1 heterocycles. The third-order valence-electron chi connectivity index (χ3n) is 4.81. The van der Waals surface area contributed by atoms with Crippen molar-refractivity contribution in [1.82, 2.24) is 0 Å². The molecule has 0 atom stereocenters. The monoisotopic (exact) mass is 420 g/mol. The number of aryl methyl sites for hydroxylation is 1. The van der Waals surface area contributed by atoms with Crippen molar-refractivity contribution >= 4 is 21.3 Å². The Labute approximate surface area is 168 Å². The minimum atomic E-state index is -3.77. The Balaban J connectivity index is 2.60. The van der Waals surface area contributed by atoms with Gasteiger partial charge in [0.2, 0.25) is 10.9 Å². The standard InChI is InChI=1S/C21H24O7S/c1-9(2)14-13(28-29(7,24)25)8-11(5)18-20(14)27-21-15(10(3)4)17(23)16(22)12(6)19(21)26-18/h8-10H,1-7H3. The lowest BCUT2D eigenvalue weighted by Gasteiger charge is -2.19. The molecule has 1 aromatic carbocycles. The molecule has 7 nitrogen and oxygen atoms in total. The molecule has 0 bridgehead atoms. The van der Waals surface area contributed by atoms with Crippen LogP contribution in [0.3, 0.4) is 0 Å². The van der Waals surface area contributed by atoms with E-state index in [1.54, 1.807) is 26.8 Å². The van der Waals surface area contributed by atoms with Crippen LogP contribution in [-0.2, 0) is 10.1 Å². The summed E-state index contributed by atoms with van der Waals surface area (Å²) in [5.74, 6) is 0.137. The van der Waals surface area contributed by atoms with E-state index in [-0.39, 0.29) is 40.2 Å². The molecule has 0 aromatic heterocycles. The van der Waals surface area contributed by atoms with Crippen molar-refractivity contribution in [1.29, 1.82) is 0 Å². The van der Waals surface area contributed by atoms with E-state index >= 15 is 0 Å². The first-order valence-electron chi connectivity index (χ1n) is 9.30. The fourth-order valence-electron chi connectivity index (χ4n) is 3.50. The van der Waals surface area contributed by atoms with E-state index in [0.717, 1.165) is 6.26 Å². The topological polar surface area (TPSA) is 104 Å². The van der Waals surface area contributed by atoms with Crippen LogP contribution in [0, 0.1) is 13.8 Å². The summed E-state index contributed by atoms with van der Waals surface area (Å²) in [7, 11) is -3.77. The van der Waals surface area contributed by atoms with Gasteiger partial charge >= 0.3 is 10.1 Å². The van der Waals surface area contributed by atoms with E-state index in [1.165, 1.54) is 6.92 Å². The fraction of sp³-hybridized carbons (Fsp3) is 0.429. The molecule has 0 radical (unpaired) electrons. The lowest BCUT2D eigenvalue weighted by Crippen LogP contribution is -2.31. The van der Waals surface area contributed by atoms with Gasteiger partial charge in [0.05, 0.1) is 11.8 Å². The lowest BCUT2D eigenvalue weighted by atomic mass is 9.95. The number of fused-ring (bicyclic) bond motifs is 2. The molecule has 156 valence electrons. The van der Waals surface area contributed by atoms with Crippen LogP contribution in [0.1, 0.15) is 61.8 Å². The van der Waals surface area contributed by atoms with Crippen molar-refractivity contribution in [3.8, 4) is 17.3 Å². The summed E-state index contributed by atoms with van der Waals surface area (Å²) in [6.45, 7) is 10.6. The molecule has 0 N–H and O–H groups in total. The Morgan fingerprint density at radius 3 is 1.93 bits per heavy atom. The van der Waals surface area contributed by atoms with Crippen LogP contribution in [0.15, 0.2) is 24.5 Å². The molecule has 3 rings (SSSR count). The van der Waals surface area contributed by atoms with E-state index in [4.69, 9.17) is 13.0 Å². The molecule has 0 unspecified atom stereocenters. The van der Waals surface area contributed by atoms with Gasteiger partial charge in [0.25, 0.3) is 0 Å². The Hall–Kier alpha value is -2.61. The highest BCUT2D eigenvalue weighted by molar-refractivity contribution is 7.86. The van der Waals surface area contributed by atoms with E-state index in [9.17, 15) is 18.0 Å². The minimum Gasteiger partial charge on any atom is -0.449 e. The first kappa shape index (κ1) is 21.1. The maximum absolute atomic E-state index is 12.6. The third-order valence-corrected chi connectivity index (χ3v) is 5.29. The van der Waals surface area contributed by atoms with Crippen molar-refractivity contribution in [2.24, 2.45) is 0 Å². The molecule has 1 aliphatic heterocycles. The first-order chi connectivity index (χ1) is 13.3. The van der Waals surface area contributed by atoms with Crippen LogP contribution < -0.4 is 15.0 Å². The summed E-state index contributed by atoms with van der Waals surface area (Å²) in [6, 6.07) is 1.57. The molecule has 0 saturated heterocycles. The number of hydrogen-bond donors (Lipinski definition) is 0. The second-order valence-electron chi connectivity index (χ2n) is 7.92. The summed E-state index contributed by atoms with van der Waals surface area (Å²) in [5, 5.41) is 0. The molecule has 0 saturated carbocycles. The minimum absolute atomic E-state index is 0.149. The smallest absolute Gasteiger partial charge is 0.306 e. The summed E-state index contributed by atoms with van der Waals surface area (Å²) in [6.07, 6.45) is 0.970. The Morgan fingerprint density at radius 2 is 1.41 bits per heavy atom. The fourth-order valence-corrected chi connectivity index (χ4v) is 3.97. The maximum atomic E-state index is 12.6. The number of benzene rings is 2. The Morgan fingerprint density at radius 1 is 0.862 bits per heavy atom. The summed E-state index contributed by atoms with van der Waals surface area (Å²) < 4.78 is 41.0. The van der Waals surface area contributed by atoms with Gasteiger partial charge in [-0.15, -0.1) is 0 Å². The van der Waals surface area contributed by atoms with E-state index < -0.39 is 21.0 Å². The zero-order valence-corrected chi connectivity index (χ0v) is 18.3. The average molecular weight is 420 g/mol. The second kappa shape index (κ2) is 7.02. The maximum Gasteiger partial charge on any atom is 0.306 e. The number of rotatable bonds is 4. The van der Waals surface area contributed by atoms with Gasteiger partial charge in [-0.05, 0) is 37.3 Å². The predicted octanol–water partition coefficient (Wildman–Crippen LogP) is 4.05. The lowest BCUT2D eigenvalue weighted by molar-refractivity contribution is 0.479. The Kier molecular flexibility index (Phi) is 5.11. The summed E-state index contributed by atoms with van der Waals surface area (Å²) in [4.78, 5) is 25.0. The highest BCUT2D eigenvalue weighted by Crippen LogP contribution is 2.41. The van der Waals surface area contributed by atoms with Gasteiger partial charge in [-0.25, -0.2) is 0 Å². The van der Waals surface area contributed by atoms with Crippen molar-refractivity contribution in [2.45, 2.75) is 53.4 Å². The zero-order chi connectivity index (χ0) is 21.8. The van der Waals surface area contributed by atoms with Crippen LogP contribution in [0.2, 0.25) is 0 Å². The van der Waals surface area contributed by atoms with Gasteiger partial charge < -0.3 is 13.0 Å². The molecular formula is C21H24O7S. The van der Waals surface area contributed by atoms with Crippen molar-refractivity contribution in [2.75, 3.05) is 6.26 Å². The SMILES string of the molecule is Cc1c2oc3c(C)cc(OS(C)(=O)=O)c(C(C)C)c3oc-2c(C(C)C)c(=O)c1=O.